The lowest BCUT2D eigenvalue weighted by atomic mass is 10.1. The van der Waals surface area contributed by atoms with Crippen LogP contribution >= 0.6 is 0 Å². The first-order valence-electron chi connectivity index (χ1n) is 6.88. The molecule has 1 aromatic rings. The number of nitrogens with zero attached hydrogens (tertiary/aromatic N) is 1. The van der Waals surface area contributed by atoms with Gasteiger partial charge < -0.3 is 24.7 Å². The Balaban J connectivity index is 2.33. The lowest BCUT2D eigenvalue weighted by molar-refractivity contribution is 0.134. The number of fused-ring (bicyclic) bond motifs is 1. The van der Waals surface area contributed by atoms with Gasteiger partial charge in [0.1, 0.15) is 19.1 Å². The highest BCUT2D eigenvalue weighted by molar-refractivity contribution is 7.89. The minimum absolute atomic E-state index is 0.0298. The molecule has 2 amide bonds. The topological polar surface area (TPSA) is 116 Å². The zero-order chi connectivity index (χ0) is 17.2. The molecule has 9 nitrogen and oxygen atoms in total. The van der Waals surface area contributed by atoms with Gasteiger partial charge in [-0.25, -0.2) is 18.0 Å². The molecule has 0 saturated carbocycles. The van der Waals surface area contributed by atoms with E-state index in [2.05, 4.69) is 10.6 Å². The lowest BCUT2D eigenvalue weighted by Crippen LogP contribution is -2.21. The van der Waals surface area contributed by atoms with E-state index in [4.69, 9.17) is 9.47 Å². The molecule has 1 aliphatic rings. The molecular weight excluding hydrogens is 326 g/mol. The van der Waals surface area contributed by atoms with Crippen molar-refractivity contribution in [3.8, 4) is 0 Å². The molecule has 0 unspecified atom stereocenters. The van der Waals surface area contributed by atoms with Crippen LogP contribution < -0.4 is 10.6 Å². The highest BCUT2D eigenvalue weighted by Crippen LogP contribution is 2.31. The van der Waals surface area contributed by atoms with Gasteiger partial charge in [-0.05, 0) is 6.92 Å². The smallest absolute Gasteiger partial charge is 0.407 e. The third-order valence-corrected chi connectivity index (χ3v) is 5.03. The number of rotatable bonds is 4. The number of sulfone groups is 1. The fourth-order valence-corrected chi connectivity index (χ4v) is 4.07. The second-order valence-electron chi connectivity index (χ2n) is 5.09. The van der Waals surface area contributed by atoms with Crippen LogP contribution in [0.25, 0.3) is 0 Å². The van der Waals surface area contributed by atoms with Crippen LogP contribution in [0.2, 0.25) is 0 Å². The van der Waals surface area contributed by atoms with E-state index in [-0.39, 0.29) is 24.8 Å². The third-order valence-electron chi connectivity index (χ3n) is 3.67. The fraction of sp³-hybridized carbons (Fsp3) is 0.538. The van der Waals surface area contributed by atoms with E-state index in [0.717, 1.165) is 0 Å². The Morgan fingerprint density at radius 2 is 1.61 bits per heavy atom. The first kappa shape index (κ1) is 17.1. The summed E-state index contributed by atoms with van der Waals surface area (Å²) in [6, 6.07) is 0. The minimum Gasteiger partial charge on any atom is -0.445 e. The number of amides is 2. The number of alkyl carbamates (subject to hydrolysis) is 2. The van der Waals surface area contributed by atoms with Crippen molar-refractivity contribution in [3.63, 3.8) is 0 Å². The number of aromatic nitrogens is 1. The maximum atomic E-state index is 11.8. The Labute approximate surface area is 133 Å². The standard InChI is InChI=1S/C13H19N3O6S/c1-8-9(4-21-12(17)14-2)10(5-22-13(18)15-3)11-6-23(19,20)7-16(8)11/h4-7H2,1-3H3,(H,14,17)(H,15,18). The Morgan fingerprint density at radius 1 is 1.09 bits per heavy atom. The molecule has 23 heavy (non-hydrogen) atoms. The van der Waals surface area contributed by atoms with Crippen molar-refractivity contribution in [2.24, 2.45) is 0 Å². The Hall–Kier alpha value is -2.23. The van der Waals surface area contributed by atoms with E-state index >= 15 is 0 Å². The van der Waals surface area contributed by atoms with Crippen LogP contribution in [0, 0.1) is 6.92 Å². The first-order chi connectivity index (χ1) is 10.8. The van der Waals surface area contributed by atoms with Crippen LogP contribution in [-0.4, -0.2) is 39.3 Å². The van der Waals surface area contributed by atoms with E-state index in [1.807, 2.05) is 0 Å². The molecule has 0 atom stereocenters. The predicted molar refractivity (Wildman–Crippen MR) is 80.3 cm³/mol. The summed E-state index contributed by atoms with van der Waals surface area (Å²) in [6.45, 7) is 1.62. The average Bonchev–Trinajstić information content (AvgIpc) is 2.94. The second kappa shape index (κ2) is 6.49. The Kier molecular flexibility index (Phi) is 4.83. The van der Waals surface area contributed by atoms with Crippen LogP contribution in [0.1, 0.15) is 22.5 Å². The van der Waals surface area contributed by atoms with Gasteiger partial charge >= 0.3 is 12.2 Å². The monoisotopic (exact) mass is 345 g/mol. The number of carbonyl (C=O) groups is 2. The number of ether oxygens (including phenoxy) is 2. The highest BCUT2D eigenvalue weighted by atomic mass is 32.2. The zero-order valence-electron chi connectivity index (χ0n) is 13.1. The largest absolute Gasteiger partial charge is 0.445 e. The molecule has 0 saturated heterocycles. The number of nitrogens with one attached hydrogen (secondary N) is 2. The maximum absolute atomic E-state index is 11.8. The molecule has 0 bridgehead atoms. The number of carbonyl (C=O) groups excluding carboxylic acids is 2. The van der Waals surface area contributed by atoms with Crippen LogP contribution in [0.5, 0.6) is 0 Å². The summed E-state index contributed by atoms with van der Waals surface area (Å²) in [5, 5.41) is 4.66. The van der Waals surface area contributed by atoms with E-state index in [0.29, 0.717) is 22.5 Å². The summed E-state index contributed by atoms with van der Waals surface area (Å²) in [6.07, 6.45) is -1.22. The van der Waals surface area contributed by atoms with Crippen molar-refractivity contribution in [1.82, 2.24) is 15.2 Å². The van der Waals surface area contributed by atoms with Crippen molar-refractivity contribution in [2.45, 2.75) is 31.8 Å². The van der Waals surface area contributed by atoms with Crippen LogP contribution in [0.15, 0.2) is 0 Å². The first-order valence-corrected chi connectivity index (χ1v) is 8.70. The van der Waals surface area contributed by atoms with Crippen molar-refractivity contribution >= 4 is 22.0 Å². The molecule has 0 radical (unpaired) electrons. The molecule has 2 rings (SSSR count). The highest BCUT2D eigenvalue weighted by Gasteiger charge is 2.32. The molecule has 2 N–H and O–H groups in total. The van der Waals surface area contributed by atoms with Gasteiger partial charge in [0.25, 0.3) is 0 Å². The Morgan fingerprint density at radius 3 is 2.13 bits per heavy atom. The molecule has 1 aromatic heterocycles. The van der Waals surface area contributed by atoms with E-state index in [9.17, 15) is 18.0 Å². The molecule has 128 valence electrons. The van der Waals surface area contributed by atoms with Gasteiger partial charge in [0.15, 0.2) is 9.84 Å². The SMILES string of the molecule is CNC(=O)OCc1c(COC(=O)NC)c2n(c1C)CS(=O)(=O)C2. The number of hydrogen-bond acceptors (Lipinski definition) is 6. The van der Waals surface area contributed by atoms with Crippen molar-refractivity contribution in [3.05, 3.63) is 22.5 Å². The summed E-state index contributed by atoms with van der Waals surface area (Å²) in [5.41, 5.74) is 2.47. The second-order valence-corrected chi connectivity index (χ2v) is 7.12. The summed E-state index contributed by atoms with van der Waals surface area (Å²) in [5.74, 6) is -0.249. The van der Waals surface area contributed by atoms with Gasteiger partial charge in [0, 0.05) is 36.6 Å². The summed E-state index contributed by atoms with van der Waals surface area (Å²) in [4.78, 5) is 22.6. The molecule has 0 fully saturated rings. The van der Waals surface area contributed by atoms with Gasteiger partial charge in [-0.1, -0.05) is 0 Å². The van der Waals surface area contributed by atoms with Gasteiger partial charge in [0.05, 0.1) is 5.75 Å². The van der Waals surface area contributed by atoms with E-state index in [1.165, 1.54) is 14.1 Å². The van der Waals surface area contributed by atoms with Gasteiger partial charge in [-0.2, -0.15) is 0 Å². The molecule has 0 spiro atoms. The quantitative estimate of drug-likeness (QED) is 0.816. The lowest BCUT2D eigenvalue weighted by Gasteiger charge is -2.09. The third kappa shape index (κ3) is 3.58. The predicted octanol–water partition coefficient (Wildman–Crippen LogP) is 0.394. The fourth-order valence-electron chi connectivity index (χ4n) is 2.49. The molecular formula is C13H19N3O6S. The summed E-state index contributed by atoms with van der Waals surface area (Å²) in [7, 11) is -0.347. The molecule has 2 heterocycles. The zero-order valence-corrected chi connectivity index (χ0v) is 13.9. The van der Waals surface area contributed by atoms with Gasteiger partial charge in [-0.15, -0.1) is 0 Å². The van der Waals surface area contributed by atoms with Crippen molar-refractivity contribution in [1.29, 1.82) is 0 Å². The number of hydrogen-bond donors (Lipinski definition) is 2. The van der Waals surface area contributed by atoms with E-state index < -0.39 is 22.0 Å². The van der Waals surface area contributed by atoms with E-state index in [1.54, 1.807) is 11.5 Å². The summed E-state index contributed by atoms with van der Waals surface area (Å²) >= 11 is 0. The van der Waals surface area contributed by atoms with Crippen LogP contribution in [0.4, 0.5) is 9.59 Å². The van der Waals surface area contributed by atoms with Crippen molar-refractivity contribution in [2.75, 3.05) is 14.1 Å². The summed E-state index contributed by atoms with van der Waals surface area (Å²) < 4.78 is 35.4. The molecule has 1 aliphatic heterocycles. The minimum atomic E-state index is -3.22. The Bertz CT molecular complexity index is 737. The molecule has 0 aliphatic carbocycles. The van der Waals surface area contributed by atoms with Crippen LogP contribution in [0.3, 0.4) is 0 Å². The van der Waals surface area contributed by atoms with Crippen LogP contribution in [-0.2, 0) is 44.2 Å². The molecule has 0 aromatic carbocycles. The van der Waals surface area contributed by atoms with Crippen molar-refractivity contribution < 1.29 is 27.5 Å². The average molecular weight is 345 g/mol. The van der Waals surface area contributed by atoms with Gasteiger partial charge in [-0.3, -0.25) is 0 Å². The van der Waals surface area contributed by atoms with Gasteiger partial charge in [0.2, 0.25) is 0 Å². The maximum Gasteiger partial charge on any atom is 0.407 e. The molecule has 10 heteroatoms. The normalized spacial score (nSPS) is 14.9.